The highest BCUT2D eigenvalue weighted by Gasteiger charge is 2.15. The minimum Gasteiger partial charge on any atom is -0.316 e. The number of rotatable bonds is 2. The van der Waals surface area contributed by atoms with Crippen LogP contribution >= 0.6 is 0 Å². The van der Waals surface area contributed by atoms with Crippen molar-refractivity contribution in [2.24, 2.45) is 0 Å². The van der Waals surface area contributed by atoms with E-state index in [2.05, 4.69) is 79.7 Å². The molecule has 0 spiro atoms. The Kier molecular flexibility index (Phi) is 13.6. The summed E-state index contributed by atoms with van der Waals surface area (Å²) in [7, 11) is 0. The van der Waals surface area contributed by atoms with Gasteiger partial charge < -0.3 is 5.32 Å². The second-order valence-electron chi connectivity index (χ2n) is 4.94. The maximum Gasteiger partial charge on any atom is 0.00206 e. The third-order valence-electron chi connectivity index (χ3n) is 3.58. The summed E-state index contributed by atoms with van der Waals surface area (Å²) in [5, 5.41) is 3.37. The molecule has 1 heteroatoms. The second-order valence-corrected chi connectivity index (χ2v) is 4.94. The smallest absolute Gasteiger partial charge is 0.00206 e. The molecule has 0 aliphatic carbocycles. The van der Waals surface area contributed by atoms with Gasteiger partial charge in [0.15, 0.2) is 0 Å². The largest absolute Gasteiger partial charge is 0.316 e. The van der Waals surface area contributed by atoms with Gasteiger partial charge in [0, 0.05) is 6.54 Å². The Morgan fingerprint density at radius 3 is 1.83 bits per heavy atom. The van der Waals surface area contributed by atoms with Crippen LogP contribution in [0.25, 0.3) is 0 Å². The molecule has 23 heavy (non-hydrogen) atoms. The Morgan fingerprint density at radius 2 is 1.43 bits per heavy atom. The highest BCUT2D eigenvalue weighted by atomic mass is 14.9. The van der Waals surface area contributed by atoms with Crippen molar-refractivity contribution in [2.45, 2.75) is 39.5 Å². The Hall–Kier alpha value is -2.04. The van der Waals surface area contributed by atoms with Crippen LogP contribution < -0.4 is 5.32 Å². The lowest BCUT2D eigenvalue weighted by molar-refractivity contribution is 0.763. The maximum atomic E-state index is 4.00. The molecule has 0 amide bonds. The summed E-state index contributed by atoms with van der Waals surface area (Å²) < 4.78 is 0. The summed E-state index contributed by atoms with van der Waals surface area (Å²) >= 11 is 0. The van der Waals surface area contributed by atoms with Crippen LogP contribution in [-0.2, 0) is 6.42 Å². The van der Waals surface area contributed by atoms with Crippen molar-refractivity contribution >= 4 is 0 Å². The topological polar surface area (TPSA) is 12.0 Å². The minimum absolute atomic E-state index is 0.760. The standard InChI is InChI=1S/C10H13N.C8H10.C2H6.C2H2/c1-2-4-9(5-3-1)10-6-7-11-8-10;1-2-8-6-4-3-5-7-8;2*1-2/h1-5,10-11H,6-8H2;3-7H,2H2,1H3;1-2H3;1-2H/t10-;;;/m1.../s1. The molecular weight excluding hydrogens is 278 g/mol. The van der Waals surface area contributed by atoms with Gasteiger partial charge in [-0.2, -0.15) is 0 Å². The zero-order valence-electron chi connectivity index (χ0n) is 14.8. The van der Waals surface area contributed by atoms with E-state index in [9.17, 15) is 0 Å². The molecule has 0 unspecified atom stereocenters. The van der Waals surface area contributed by atoms with Crippen molar-refractivity contribution in [1.29, 1.82) is 0 Å². The Bertz CT molecular complexity index is 481. The predicted molar refractivity (Wildman–Crippen MR) is 104 cm³/mol. The fourth-order valence-corrected chi connectivity index (χ4v) is 2.38. The Labute approximate surface area is 143 Å². The third-order valence-corrected chi connectivity index (χ3v) is 3.58. The summed E-state index contributed by atoms with van der Waals surface area (Å²) in [4.78, 5) is 0. The monoisotopic (exact) mass is 309 g/mol. The van der Waals surface area contributed by atoms with E-state index in [1.165, 1.54) is 24.1 Å². The van der Waals surface area contributed by atoms with E-state index in [0.717, 1.165) is 18.9 Å². The molecule has 2 aromatic rings. The zero-order valence-corrected chi connectivity index (χ0v) is 14.8. The van der Waals surface area contributed by atoms with Crippen LogP contribution in [0.15, 0.2) is 60.7 Å². The Balaban J connectivity index is 0.000000358. The molecule has 1 saturated heterocycles. The number of hydrogen-bond donors (Lipinski definition) is 1. The van der Waals surface area contributed by atoms with Gasteiger partial charge in [0.2, 0.25) is 0 Å². The van der Waals surface area contributed by atoms with Crippen LogP contribution in [0, 0.1) is 12.8 Å². The maximum absolute atomic E-state index is 4.00. The van der Waals surface area contributed by atoms with Crippen molar-refractivity contribution in [3.63, 3.8) is 0 Å². The SMILES string of the molecule is C#C.CC.CCc1ccccc1.c1ccc([C@@H]2CCNC2)cc1. The predicted octanol–water partition coefficient (Wildman–Crippen LogP) is 5.29. The third kappa shape index (κ3) is 8.86. The summed E-state index contributed by atoms with van der Waals surface area (Å²) in [6.07, 6.45) is 10.4. The quantitative estimate of drug-likeness (QED) is 0.743. The molecule has 1 nitrogen and oxygen atoms in total. The lowest BCUT2D eigenvalue weighted by Gasteiger charge is -2.06. The number of hydrogen-bond acceptors (Lipinski definition) is 1. The summed E-state index contributed by atoms with van der Waals surface area (Å²) in [5.74, 6) is 0.760. The number of nitrogens with one attached hydrogen (secondary N) is 1. The van der Waals surface area contributed by atoms with Crippen molar-refractivity contribution in [1.82, 2.24) is 5.32 Å². The average Bonchev–Trinajstić information content (AvgIpc) is 3.22. The summed E-state index contributed by atoms with van der Waals surface area (Å²) in [6.45, 7) is 8.50. The summed E-state index contributed by atoms with van der Waals surface area (Å²) in [6, 6.07) is 21.2. The molecule has 2 aromatic carbocycles. The van der Waals surface area contributed by atoms with E-state index in [-0.39, 0.29) is 0 Å². The highest BCUT2D eigenvalue weighted by molar-refractivity contribution is 5.20. The average molecular weight is 309 g/mol. The van der Waals surface area contributed by atoms with Crippen LogP contribution in [0.4, 0.5) is 0 Å². The Morgan fingerprint density at radius 1 is 0.913 bits per heavy atom. The molecule has 0 radical (unpaired) electrons. The molecule has 0 aromatic heterocycles. The van der Waals surface area contributed by atoms with E-state index in [1.54, 1.807) is 0 Å². The van der Waals surface area contributed by atoms with E-state index in [4.69, 9.17) is 0 Å². The van der Waals surface area contributed by atoms with Gasteiger partial charge in [0.25, 0.3) is 0 Å². The molecule has 1 heterocycles. The van der Waals surface area contributed by atoms with Crippen molar-refractivity contribution in [3.8, 4) is 12.8 Å². The fraction of sp³-hybridized carbons (Fsp3) is 0.364. The molecule has 0 bridgehead atoms. The molecule has 1 aliphatic rings. The fourth-order valence-electron chi connectivity index (χ4n) is 2.38. The lowest BCUT2D eigenvalue weighted by atomic mass is 9.99. The van der Waals surface area contributed by atoms with Crippen LogP contribution in [0.5, 0.6) is 0 Å². The first-order valence-electron chi connectivity index (χ1n) is 8.53. The number of benzene rings is 2. The van der Waals surface area contributed by atoms with Crippen LogP contribution in [0.2, 0.25) is 0 Å². The van der Waals surface area contributed by atoms with Gasteiger partial charge in [-0.15, -0.1) is 12.8 Å². The minimum atomic E-state index is 0.760. The van der Waals surface area contributed by atoms with Crippen molar-refractivity contribution < 1.29 is 0 Å². The molecule has 3 rings (SSSR count). The van der Waals surface area contributed by atoms with Crippen LogP contribution in [-0.4, -0.2) is 13.1 Å². The molecule has 1 aliphatic heterocycles. The first-order valence-corrected chi connectivity index (χ1v) is 8.53. The molecule has 1 fully saturated rings. The first-order chi connectivity index (χ1) is 11.4. The molecular formula is C22H31N. The van der Waals surface area contributed by atoms with Gasteiger partial charge in [-0.1, -0.05) is 81.4 Å². The molecule has 1 N–H and O–H groups in total. The van der Waals surface area contributed by atoms with Gasteiger partial charge in [0.1, 0.15) is 0 Å². The number of aryl methyl sites for hydroxylation is 1. The molecule has 0 saturated carbocycles. The van der Waals surface area contributed by atoms with E-state index in [1.807, 2.05) is 19.9 Å². The van der Waals surface area contributed by atoms with Crippen LogP contribution in [0.1, 0.15) is 44.2 Å². The van der Waals surface area contributed by atoms with Crippen molar-refractivity contribution in [3.05, 3.63) is 71.8 Å². The number of terminal acetylenes is 1. The van der Waals surface area contributed by atoms with Gasteiger partial charge in [-0.25, -0.2) is 0 Å². The second kappa shape index (κ2) is 14.9. The first kappa shape index (κ1) is 21.0. The highest BCUT2D eigenvalue weighted by Crippen LogP contribution is 2.21. The molecule has 124 valence electrons. The molecule has 1 atom stereocenters. The van der Waals surface area contributed by atoms with E-state index < -0.39 is 0 Å². The van der Waals surface area contributed by atoms with Gasteiger partial charge >= 0.3 is 0 Å². The van der Waals surface area contributed by atoms with Crippen LogP contribution in [0.3, 0.4) is 0 Å². The van der Waals surface area contributed by atoms with E-state index in [0.29, 0.717) is 0 Å². The van der Waals surface area contributed by atoms with Gasteiger partial charge in [0.05, 0.1) is 0 Å². The summed E-state index contributed by atoms with van der Waals surface area (Å²) in [5.41, 5.74) is 2.89. The zero-order chi connectivity index (χ0) is 17.3. The van der Waals surface area contributed by atoms with E-state index >= 15 is 0 Å². The van der Waals surface area contributed by atoms with Gasteiger partial charge in [-0.3, -0.25) is 0 Å². The lowest BCUT2D eigenvalue weighted by Crippen LogP contribution is -2.07. The van der Waals surface area contributed by atoms with Crippen molar-refractivity contribution in [2.75, 3.05) is 13.1 Å². The van der Waals surface area contributed by atoms with Gasteiger partial charge in [-0.05, 0) is 36.4 Å². The normalized spacial score (nSPS) is 14.9.